The summed E-state index contributed by atoms with van der Waals surface area (Å²) in [4.78, 5) is 0.315. The van der Waals surface area contributed by atoms with Crippen molar-refractivity contribution < 1.29 is 8.42 Å². The van der Waals surface area contributed by atoms with Crippen molar-refractivity contribution in [2.24, 2.45) is 5.73 Å². The van der Waals surface area contributed by atoms with E-state index in [4.69, 9.17) is 5.73 Å². The van der Waals surface area contributed by atoms with Crippen LogP contribution in [0, 0.1) is 0 Å². The Hall–Kier alpha value is -0.850. The quantitative estimate of drug-likeness (QED) is 0.734. The molecule has 0 aliphatic rings. The predicted octanol–water partition coefficient (Wildman–Crippen LogP) is 2.21. The van der Waals surface area contributed by atoms with Gasteiger partial charge in [0.2, 0.25) is 10.0 Å². The molecule has 1 rings (SSSR count). The van der Waals surface area contributed by atoms with Crippen molar-refractivity contribution in [2.75, 3.05) is 0 Å². The summed E-state index contributed by atoms with van der Waals surface area (Å²) in [6, 6.07) is 1.63. The number of nitrogens with zero attached hydrogens (tertiary/aromatic N) is 1. The molecule has 0 saturated carbocycles. The van der Waals surface area contributed by atoms with E-state index < -0.39 is 10.0 Å². The highest BCUT2D eigenvalue weighted by Gasteiger charge is 2.20. The average molecular weight is 301 g/mol. The minimum Gasteiger partial charge on any atom is -0.349 e. The smallest absolute Gasteiger partial charge is 0.242 e. The van der Waals surface area contributed by atoms with E-state index in [1.165, 1.54) is 0 Å². The lowest BCUT2D eigenvalue weighted by molar-refractivity contribution is 0.534. The molecule has 5 nitrogen and oxygen atoms in total. The summed E-state index contributed by atoms with van der Waals surface area (Å²) >= 11 is 0. The van der Waals surface area contributed by atoms with Crippen molar-refractivity contribution in [3.8, 4) is 0 Å². The molecule has 0 fully saturated rings. The Balaban J connectivity index is 2.86. The summed E-state index contributed by atoms with van der Waals surface area (Å²) in [6.07, 6.45) is 5.57. The summed E-state index contributed by atoms with van der Waals surface area (Å²) in [5, 5.41) is 0. The van der Waals surface area contributed by atoms with Crippen LogP contribution in [-0.2, 0) is 23.1 Å². The maximum absolute atomic E-state index is 12.3. The lowest BCUT2D eigenvalue weighted by Crippen LogP contribution is -2.32. The number of rotatable bonds is 9. The molecule has 1 atom stereocenters. The fourth-order valence-electron chi connectivity index (χ4n) is 2.20. The van der Waals surface area contributed by atoms with Crippen LogP contribution in [-0.4, -0.2) is 19.0 Å². The van der Waals surface area contributed by atoms with E-state index >= 15 is 0 Å². The molecule has 1 aromatic rings. The van der Waals surface area contributed by atoms with Crippen molar-refractivity contribution in [1.82, 2.24) is 9.29 Å². The molecule has 0 amide bonds. The molecular formula is C14H27N3O2S. The highest BCUT2D eigenvalue weighted by molar-refractivity contribution is 7.89. The minimum atomic E-state index is -3.45. The predicted molar refractivity (Wildman–Crippen MR) is 81.9 cm³/mol. The molecule has 0 aromatic carbocycles. The van der Waals surface area contributed by atoms with Crippen molar-refractivity contribution in [2.45, 2.75) is 70.5 Å². The zero-order valence-electron chi connectivity index (χ0n) is 12.7. The Morgan fingerprint density at radius 1 is 1.35 bits per heavy atom. The molecule has 1 aromatic heterocycles. The summed E-state index contributed by atoms with van der Waals surface area (Å²) < 4.78 is 29.3. The second kappa shape index (κ2) is 7.81. The van der Waals surface area contributed by atoms with Gasteiger partial charge in [-0.3, -0.25) is 0 Å². The number of aromatic nitrogens is 1. The molecule has 0 spiro atoms. The Labute approximate surface area is 122 Å². The maximum Gasteiger partial charge on any atom is 0.242 e. The van der Waals surface area contributed by atoms with Gasteiger partial charge in [-0.15, -0.1) is 0 Å². The molecule has 1 unspecified atom stereocenters. The van der Waals surface area contributed by atoms with Gasteiger partial charge in [-0.2, -0.15) is 0 Å². The molecular weight excluding hydrogens is 274 g/mol. The highest BCUT2D eigenvalue weighted by atomic mass is 32.2. The lowest BCUT2D eigenvalue weighted by Gasteiger charge is -2.12. The molecule has 0 bridgehead atoms. The van der Waals surface area contributed by atoms with Gasteiger partial charge in [-0.25, -0.2) is 13.1 Å². The van der Waals surface area contributed by atoms with Crippen LogP contribution in [0.3, 0.4) is 0 Å². The van der Waals surface area contributed by atoms with Crippen LogP contribution in [0.1, 0.15) is 52.1 Å². The van der Waals surface area contributed by atoms with Gasteiger partial charge in [0.25, 0.3) is 0 Å². The van der Waals surface area contributed by atoms with E-state index in [0.29, 0.717) is 11.4 Å². The van der Waals surface area contributed by atoms with Gasteiger partial charge in [-0.1, -0.05) is 26.7 Å². The monoisotopic (exact) mass is 301 g/mol. The topological polar surface area (TPSA) is 77.1 Å². The standard InChI is InChI=1S/C14H27N3O2S/c1-4-6-7-12(3)16-20(18,19)14-9-13(10-15)17(11-14)8-5-2/h9,11-12,16H,4-8,10,15H2,1-3H3. The van der Waals surface area contributed by atoms with E-state index in [1.807, 2.05) is 11.5 Å². The SMILES string of the molecule is CCCCC(C)NS(=O)(=O)c1cc(CN)n(CCC)c1. The van der Waals surface area contributed by atoms with Crippen molar-refractivity contribution in [1.29, 1.82) is 0 Å². The van der Waals surface area contributed by atoms with Crippen LogP contribution in [0.4, 0.5) is 0 Å². The zero-order valence-corrected chi connectivity index (χ0v) is 13.5. The molecule has 6 heteroatoms. The summed E-state index contributed by atoms with van der Waals surface area (Å²) in [7, 11) is -3.45. The summed E-state index contributed by atoms with van der Waals surface area (Å²) in [5.41, 5.74) is 6.52. The van der Waals surface area contributed by atoms with Crippen molar-refractivity contribution >= 4 is 10.0 Å². The lowest BCUT2D eigenvalue weighted by atomic mass is 10.2. The van der Waals surface area contributed by atoms with Gasteiger partial charge in [0.15, 0.2) is 0 Å². The third kappa shape index (κ3) is 4.61. The van der Waals surface area contributed by atoms with Gasteiger partial charge < -0.3 is 10.3 Å². The molecule has 0 aliphatic heterocycles. The second-order valence-electron chi connectivity index (χ2n) is 5.23. The number of hydrogen-bond donors (Lipinski definition) is 2. The van der Waals surface area contributed by atoms with Crippen molar-refractivity contribution in [3.63, 3.8) is 0 Å². The summed E-state index contributed by atoms with van der Waals surface area (Å²) in [6.45, 7) is 7.19. The van der Waals surface area contributed by atoms with Gasteiger partial charge in [0.05, 0.1) is 4.90 Å². The molecule has 0 saturated heterocycles. The largest absolute Gasteiger partial charge is 0.349 e. The molecule has 0 aliphatic carbocycles. The van der Waals surface area contributed by atoms with E-state index in [-0.39, 0.29) is 6.04 Å². The number of nitrogens with one attached hydrogen (secondary N) is 1. The highest BCUT2D eigenvalue weighted by Crippen LogP contribution is 2.16. The third-order valence-electron chi connectivity index (χ3n) is 3.29. The van der Waals surface area contributed by atoms with E-state index in [0.717, 1.165) is 37.9 Å². The number of unbranched alkanes of at least 4 members (excludes halogenated alkanes) is 1. The Bertz CT molecular complexity index is 508. The minimum absolute atomic E-state index is 0.0456. The van der Waals surface area contributed by atoms with Crippen LogP contribution >= 0.6 is 0 Å². The van der Waals surface area contributed by atoms with Crippen LogP contribution < -0.4 is 10.5 Å². The van der Waals surface area contributed by atoms with Crippen molar-refractivity contribution in [3.05, 3.63) is 18.0 Å². The first kappa shape index (κ1) is 17.2. The Kier molecular flexibility index (Phi) is 6.71. The zero-order chi connectivity index (χ0) is 15.2. The number of sulfonamides is 1. The van der Waals surface area contributed by atoms with E-state index in [9.17, 15) is 8.42 Å². The number of hydrogen-bond acceptors (Lipinski definition) is 3. The fourth-order valence-corrected chi connectivity index (χ4v) is 3.54. The van der Waals surface area contributed by atoms with Crippen LogP contribution in [0.25, 0.3) is 0 Å². The van der Waals surface area contributed by atoms with Gasteiger partial charge in [0.1, 0.15) is 0 Å². The van der Waals surface area contributed by atoms with Gasteiger partial charge in [-0.05, 0) is 25.8 Å². The maximum atomic E-state index is 12.3. The summed E-state index contributed by atoms with van der Waals surface area (Å²) in [5.74, 6) is 0. The van der Waals surface area contributed by atoms with E-state index in [2.05, 4.69) is 18.6 Å². The van der Waals surface area contributed by atoms with Crippen LogP contribution in [0.5, 0.6) is 0 Å². The molecule has 20 heavy (non-hydrogen) atoms. The first-order valence-electron chi connectivity index (χ1n) is 7.36. The second-order valence-corrected chi connectivity index (χ2v) is 6.94. The Morgan fingerprint density at radius 2 is 2.05 bits per heavy atom. The van der Waals surface area contributed by atoms with Crippen LogP contribution in [0.15, 0.2) is 17.2 Å². The molecule has 116 valence electrons. The number of aryl methyl sites for hydroxylation is 1. The normalized spacial score (nSPS) is 13.6. The number of nitrogens with two attached hydrogens (primary N) is 1. The molecule has 0 radical (unpaired) electrons. The average Bonchev–Trinajstić information content (AvgIpc) is 2.80. The van der Waals surface area contributed by atoms with Gasteiger partial charge in [0, 0.05) is 31.0 Å². The van der Waals surface area contributed by atoms with Crippen LogP contribution in [0.2, 0.25) is 0 Å². The first-order valence-corrected chi connectivity index (χ1v) is 8.84. The Morgan fingerprint density at radius 3 is 2.60 bits per heavy atom. The fraction of sp³-hybridized carbons (Fsp3) is 0.714. The molecule has 3 N–H and O–H groups in total. The van der Waals surface area contributed by atoms with E-state index in [1.54, 1.807) is 12.3 Å². The first-order chi connectivity index (χ1) is 9.44. The van der Waals surface area contributed by atoms with Gasteiger partial charge >= 0.3 is 0 Å². The molecule has 1 heterocycles. The third-order valence-corrected chi connectivity index (χ3v) is 4.85.